The van der Waals surface area contributed by atoms with E-state index in [-0.39, 0.29) is 0 Å². The molecular formula is C7H3F6NO6S2. The summed E-state index contributed by atoms with van der Waals surface area (Å²) < 4.78 is 104. The topological polar surface area (TPSA) is 118 Å². The average Bonchev–Trinajstić information content (AvgIpc) is 2.68. The van der Waals surface area contributed by atoms with Crippen molar-refractivity contribution >= 4 is 26.5 Å². The summed E-state index contributed by atoms with van der Waals surface area (Å²) in [5.41, 5.74) is -8.03. The number of rotatable bonds is 3. The monoisotopic (exact) mass is 375 g/mol. The van der Waals surface area contributed by atoms with E-state index in [4.69, 9.17) is 9.66 Å². The van der Waals surface area contributed by atoms with Crippen molar-refractivity contribution in [3.63, 3.8) is 0 Å². The van der Waals surface area contributed by atoms with E-state index < -0.39 is 65.2 Å². The summed E-state index contributed by atoms with van der Waals surface area (Å²) in [6.07, 6.45) is -12.9. The van der Waals surface area contributed by atoms with Gasteiger partial charge < -0.3 is 5.11 Å². The molecule has 0 fully saturated rings. The van der Waals surface area contributed by atoms with E-state index >= 15 is 0 Å². The van der Waals surface area contributed by atoms with Crippen molar-refractivity contribution in [2.75, 3.05) is 0 Å². The fourth-order valence-electron chi connectivity index (χ4n) is 1.35. The van der Waals surface area contributed by atoms with E-state index in [1.165, 1.54) is 0 Å². The van der Waals surface area contributed by atoms with Crippen LogP contribution in [0.5, 0.6) is 0 Å². The number of hydrogen-bond acceptors (Lipinski definition) is 6. The van der Waals surface area contributed by atoms with Gasteiger partial charge in [-0.2, -0.15) is 34.8 Å². The third-order valence-corrected chi connectivity index (χ3v) is 4.71. The molecule has 0 unspecified atom stereocenters. The van der Waals surface area contributed by atoms with Crippen LogP contribution in [-0.2, 0) is 15.7 Å². The van der Waals surface area contributed by atoms with Gasteiger partial charge in [-0.15, -0.1) is 0 Å². The van der Waals surface area contributed by atoms with Crippen LogP contribution in [0, 0.1) is 10.1 Å². The Kier molecular flexibility index (Phi) is 4.26. The maximum absolute atomic E-state index is 12.6. The SMILES string of the molecule is O=[N+]([O-])c1sc(S(=O)(=O)O)cc1C(O)(C(F)(F)F)C(F)(F)F. The summed E-state index contributed by atoms with van der Waals surface area (Å²) in [7, 11) is -5.32. The van der Waals surface area contributed by atoms with Gasteiger partial charge in [0.1, 0.15) is 0 Å². The van der Waals surface area contributed by atoms with Crippen LogP contribution in [0.3, 0.4) is 0 Å². The molecule has 15 heteroatoms. The zero-order valence-corrected chi connectivity index (χ0v) is 11.3. The summed E-state index contributed by atoms with van der Waals surface area (Å²) in [6, 6.07) is -0.445. The van der Waals surface area contributed by atoms with Crippen LogP contribution < -0.4 is 0 Å². The molecular weight excluding hydrogens is 372 g/mol. The van der Waals surface area contributed by atoms with Crippen LogP contribution in [-0.4, -0.2) is 35.4 Å². The molecule has 0 aliphatic rings. The van der Waals surface area contributed by atoms with Crippen LogP contribution in [0.1, 0.15) is 5.56 Å². The lowest BCUT2D eigenvalue weighted by molar-refractivity contribution is -0.398. The van der Waals surface area contributed by atoms with Crippen LogP contribution >= 0.6 is 11.3 Å². The molecule has 1 heterocycles. The zero-order chi connectivity index (χ0) is 17.7. The molecule has 0 saturated heterocycles. The van der Waals surface area contributed by atoms with Gasteiger partial charge >= 0.3 is 27.5 Å². The smallest absolute Gasteiger partial charge is 0.369 e. The third-order valence-electron chi connectivity index (χ3n) is 2.32. The molecule has 126 valence electrons. The second kappa shape index (κ2) is 5.04. The maximum Gasteiger partial charge on any atom is 0.430 e. The highest BCUT2D eigenvalue weighted by molar-refractivity contribution is 7.88. The Morgan fingerprint density at radius 3 is 1.82 bits per heavy atom. The van der Waals surface area contributed by atoms with E-state index in [2.05, 4.69) is 0 Å². The minimum absolute atomic E-state index is 0.445. The molecule has 1 aromatic rings. The minimum atomic E-state index is -6.44. The Hall–Kier alpha value is -1.45. The van der Waals surface area contributed by atoms with Crippen molar-refractivity contribution in [2.45, 2.75) is 22.2 Å². The Balaban J connectivity index is 3.86. The van der Waals surface area contributed by atoms with Gasteiger partial charge in [0.25, 0.3) is 5.60 Å². The number of hydrogen-bond donors (Lipinski definition) is 2. The van der Waals surface area contributed by atoms with Gasteiger partial charge in [0, 0.05) is 0 Å². The molecule has 0 aliphatic heterocycles. The molecule has 22 heavy (non-hydrogen) atoms. The number of alkyl halides is 6. The lowest BCUT2D eigenvalue weighted by atomic mass is 9.94. The largest absolute Gasteiger partial charge is 0.430 e. The summed E-state index contributed by atoms with van der Waals surface area (Å²) >= 11 is -0.663. The van der Waals surface area contributed by atoms with Gasteiger partial charge in [0.2, 0.25) is 0 Å². The first kappa shape index (κ1) is 18.6. The van der Waals surface area contributed by atoms with Crippen molar-refractivity contribution < 1.29 is 49.3 Å². The van der Waals surface area contributed by atoms with Crippen LogP contribution in [0.2, 0.25) is 0 Å². The second-order valence-electron chi connectivity index (χ2n) is 3.72. The lowest BCUT2D eigenvalue weighted by Crippen LogP contribution is -2.54. The highest BCUT2D eigenvalue weighted by Gasteiger charge is 2.73. The molecule has 0 radical (unpaired) electrons. The second-order valence-corrected chi connectivity index (χ2v) is 6.40. The average molecular weight is 375 g/mol. The Morgan fingerprint density at radius 1 is 1.14 bits per heavy atom. The maximum atomic E-state index is 12.6. The van der Waals surface area contributed by atoms with Gasteiger partial charge in [-0.05, 0) is 17.4 Å². The highest BCUT2D eigenvalue weighted by atomic mass is 32.3. The molecule has 2 N–H and O–H groups in total. The van der Waals surface area contributed by atoms with Crippen LogP contribution in [0.15, 0.2) is 10.3 Å². The van der Waals surface area contributed by atoms with Gasteiger partial charge in [-0.25, -0.2) is 0 Å². The van der Waals surface area contributed by atoms with Gasteiger partial charge in [-0.3, -0.25) is 14.7 Å². The number of halogens is 6. The zero-order valence-electron chi connectivity index (χ0n) is 9.64. The molecule has 1 aromatic heterocycles. The van der Waals surface area contributed by atoms with Crippen molar-refractivity contribution in [1.82, 2.24) is 0 Å². The van der Waals surface area contributed by atoms with Crippen LogP contribution in [0.4, 0.5) is 31.3 Å². The molecule has 0 spiro atoms. The predicted molar refractivity (Wildman–Crippen MR) is 56.8 cm³/mol. The summed E-state index contributed by atoms with van der Waals surface area (Å²) in [4.78, 5) is 8.82. The first-order valence-corrected chi connectivity index (χ1v) is 6.91. The first-order valence-electron chi connectivity index (χ1n) is 4.65. The van der Waals surface area contributed by atoms with Gasteiger partial charge in [0.05, 0.1) is 10.5 Å². The normalized spacial score (nSPS) is 14.2. The molecule has 0 bridgehead atoms. The highest BCUT2D eigenvalue weighted by Crippen LogP contribution is 2.54. The fourth-order valence-corrected chi connectivity index (χ4v) is 3.03. The number of nitro groups is 1. The molecule has 0 atom stereocenters. The van der Waals surface area contributed by atoms with Crippen molar-refractivity contribution in [3.05, 3.63) is 21.7 Å². The quantitative estimate of drug-likeness (QED) is 0.362. The minimum Gasteiger partial charge on any atom is -0.369 e. The molecule has 0 saturated carbocycles. The number of nitrogens with zero attached hydrogens (tertiary/aromatic N) is 1. The standard InChI is InChI=1S/C7H3F6NO6S2/c8-6(9,10)5(15,7(11,12)13)2-1-3(22(18,19)20)21-4(2)14(16)17/h1,15H,(H,18,19,20). The number of aliphatic hydroxyl groups is 1. The summed E-state index contributed by atoms with van der Waals surface area (Å²) in [5.74, 6) is 0. The molecule has 0 aliphatic carbocycles. The van der Waals surface area contributed by atoms with Crippen LogP contribution in [0.25, 0.3) is 0 Å². The Morgan fingerprint density at radius 2 is 1.55 bits per heavy atom. The van der Waals surface area contributed by atoms with Crippen molar-refractivity contribution in [1.29, 1.82) is 0 Å². The summed E-state index contributed by atoms with van der Waals surface area (Å²) in [6.45, 7) is 0. The molecule has 7 nitrogen and oxygen atoms in total. The van der Waals surface area contributed by atoms with E-state index in [1.807, 2.05) is 0 Å². The first-order chi connectivity index (χ1) is 9.53. The van der Waals surface area contributed by atoms with Crippen molar-refractivity contribution in [3.8, 4) is 0 Å². The summed E-state index contributed by atoms with van der Waals surface area (Å²) in [5, 5.41) is 17.7. The molecule has 0 aromatic carbocycles. The number of thiophene rings is 1. The molecule has 0 amide bonds. The van der Waals surface area contributed by atoms with E-state index in [0.29, 0.717) is 0 Å². The van der Waals surface area contributed by atoms with Crippen molar-refractivity contribution in [2.24, 2.45) is 0 Å². The lowest BCUT2D eigenvalue weighted by Gasteiger charge is -2.31. The van der Waals surface area contributed by atoms with E-state index in [9.17, 15) is 44.9 Å². The Labute approximate surface area is 120 Å². The fraction of sp³-hybridized carbons (Fsp3) is 0.429. The third kappa shape index (κ3) is 2.88. The van der Waals surface area contributed by atoms with E-state index in [1.54, 1.807) is 0 Å². The van der Waals surface area contributed by atoms with Gasteiger partial charge in [0.15, 0.2) is 4.21 Å². The molecule has 1 rings (SSSR count). The predicted octanol–water partition coefficient (Wildman–Crippen LogP) is 2.22. The van der Waals surface area contributed by atoms with E-state index in [0.717, 1.165) is 0 Å². The van der Waals surface area contributed by atoms with Gasteiger partial charge in [-0.1, -0.05) is 0 Å². The Bertz CT molecular complexity index is 690.